The second-order valence-electron chi connectivity index (χ2n) is 6.17. The van der Waals surface area contributed by atoms with Crippen LogP contribution >= 0.6 is 11.6 Å². The minimum absolute atomic E-state index is 0.412. The summed E-state index contributed by atoms with van der Waals surface area (Å²) in [5.74, 6) is 1.81. The molecule has 4 aromatic rings. The van der Waals surface area contributed by atoms with E-state index in [1.54, 1.807) is 11.8 Å². The Hall–Kier alpha value is -3.12. The van der Waals surface area contributed by atoms with E-state index >= 15 is 0 Å². The van der Waals surface area contributed by atoms with Crippen LogP contribution in [0.15, 0.2) is 54.7 Å². The summed E-state index contributed by atoms with van der Waals surface area (Å²) in [6, 6.07) is 15.5. The molecule has 7 heteroatoms. The summed E-state index contributed by atoms with van der Waals surface area (Å²) < 4.78 is 7.18. The lowest BCUT2D eigenvalue weighted by Crippen LogP contribution is -2.03. The molecule has 4 rings (SSSR count). The van der Waals surface area contributed by atoms with Crippen LogP contribution in [0, 0.1) is 0 Å². The maximum absolute atomic E-state index is 6.24. The van der Waals surface area contributed by atoms with E-state index in [1.807, 2.05) is 54.7 Å². The standard InChI is InChI=1S/C20H18ClN5O/c1-27-17-9-5-3-6-13(17)10-18-23-19(22)15-12-26(25-20(15)24-18)11-14-7-2-4-8-16(14)21/h2-9,12H,10-11H2,1H3,(H2,22,23,24,25). The number of aromatic nitrogens is 4. The third-order valence-corrected chi connectivity index (χ3v) is 4.70. The van der Waals surface area contributed by atoms with Crippen molar-refractivity contribution in [2.24, 2.45) is 0 Å². The summed E-state index contributed by atoms with van der Waals surface area (Å²) in [5.41, 5.74) is 8.70. The molecular weight excluding hydrogens is 362 g/mol. The first kappa shape index (κ1) is 17.3. The lowest BCUT2D eigenvalue weighted by molar-refractivity contribution is 0.410. The van der Waals surface area contributed by atoms with Gasteiger partial charge in [0.15, 0.2) is 5.65 Å². The number of hydrogen-bond donors (Lipinski definition) is 1. The van der Waals surface area contributed by atoms with E-state index in [0.29, 0.717) is 35.3 Å². The molecule has 0 bridgehead atoms. The zero-order valence-corrected chi connectivity index (χ0v) is 15.5. The monoisotopic (exact) mass is 379 g/mol. The van der Waals surface area contributed by atoms with Gasteiger partial charge in [-0.3, -0.25) is 4.68 Å². The zero-order chi connectivity index (χ0) is 18.8. The predicted molar refractivity (Wildman–Crippen MR) is 106 cm³/mol. The first-order valence-corrected chi connectivity index (χ1v) is 8.86. The Labute approximate surface area is 161 Å². The number of anilines is 1. The quantitative estimate of drug-likeness (QED) is 0.571. The van der Waals surface area contributed by atoms with Crippen LogP contribution in [-0.4, -0.2) is 26.9 Å². The van der Waals surface area contributed by atoms with Crippen molar-refractivity contribution in [1.82, 2.24) is 19.7 Å². The van der Waals surface area contributed by atoms with Crippen LogP contribution in [0.1, 0.15) is 17.0 Å². The number of benzene rings is 2. The molecule has 2 heterocycles. The molecule has 0 aliphatic carbocycles. The Bertz CT molecular complexity index is 1110. The van der Waals surface area contributed by atoms with Crippen molar-refractivity contribution in [3.05, 3.63) is 76.7 Å². The average Bonchev–Trinajstić information content (AvgIpc) is 3.07. The van der Waals surface area contributed by atoms with E-state index < -0.39 is 0 Å². The number of halogens is 1. The third-order valence-electron chi connectivity index (χ3n) is 4.33. The summed E-state index contributed by atoms with van der Waals surface area (Å²) in [6.45, 7) is 0.539. The number of methoxy groups -OCH3 is 1. The van der Waals surface area contributed by atoms with Gasteiger partial charge in [-0.05, 0) is 17.7 Å². The summed E-state index contributed by atoms with van der Waals surface area (Å²) >= 11 is 6.24. The molecule has 2 N–H and O–H groups in total. The molecule has 0 saturated heterocycles. The van der Waals surface area contributed by atoms with Crippen molar-refractivity contribution in [2.75, 3.05) is 12.8 Å². The van der Waals surface area contributed by atoms with Crippen molar-refractivity contribution in [3.63, 3.8) is 0 Å². The number of nitrogens with zero attached hydrogens (tertiary/aromatic N) is 4. The molecule has 0 radical (unpaired) electrons. The number of nitrogens with two attached hydrogens (primary N) is 1. The van der Waals surface area contributed by atoms with E-state index in [0.717, 1.165) is 22.3 Å². The lowest BCUT2D eigenvalue weighted by atomic mass is 10.1. The highest BCUT2D eigenvalue weighted by Gasteiger charge is 2.12. The van der Waals surface area contributed by atoms with E-state index in [-0.39, 0.29) is 0 Å². The molecule has 2 aromatic carbocycles. The maximum Gasteiger partial charge on any atom is 0.186 e. The van der Waals surface area contributed by atoms with Crippen molar-refractivity contribution < 1.29 is 4.74 Å². The SMILES string of the molecule is COc1ccccc1Cc1nc(N)c2cn(Cc3ccccc3Cl)nc2n1. The van der Waals surface area contributed by atoms with Crippen molar-refractivity contribution in [1.29, 1.82) is 0 Å². The van der Waals surface area contributed by atoms with Gasteiger partial charge in [-0.15, -0.1) is 0 Å². The molecule has 0 aliphatic heterocycles. The minimum atomic E-state index is 0.412. The molecule has 0 fully saturated rings. The Morgan fingerprint density at radius 3 is 2.56 bits per heavy atom. The number of rotatable bonds is 5. The molecule has 0 saturated carbocycles. The van der Waals surface area contributed by atoms with Gasteiger partial charge >= 0.3 is 0 Å². The fourth-order valence-corrected chi connectivity index (χ4v) is 3.20. The Balaban J connectivity index is 1.66. The number of para-hydroxylation sites is 1. The zero-order valence-electron chi connectivity index (χ0n) is 14.8. The Kier molecular flexibility index (Phi) is 4.64. The van der Waals surface area contributed by atoms with E-state index in [1.165, 1.54) is 0 Å². The topological polar surface area (TPSA) is 78.9 Å². The van der Waals surface area contributed by atoms with Gasteiger partial charge in [0, 0.05) is 23.2 Å². The van der Waals surface area contributed by atoms with Crippen LogP contribution in [0.5, 0.6) is 5.75 Å². The second-order valence-corrected chi connectivity index (χ2v) is 6.58. The summed E-state index contributed by atoms with van der Waals surface area (Å²) in [5, 5.41) is 5.98. The highest BCUT2D eigenvalue weighted by Crippen LogP contribution is 2.23. The fourth-order valence-electron chi connectivity index (χ4n) is 3.00. The predicted octanol–water partition coefficient (Wildman–Crippen LogP) is 3.71. The molecular formula is C20H18ClN5O. The second kappa shape index (κ2) is 7.25. The highest BCUT2D eigenvalue weighted by molar-refractivity contribution is 6.31. The van der Waals surface area contributed by atoms with Gasteiger partial charge in [0.05, 0.1) is 19.0 Å². The van der Waals surface area contributed by atoms with Gasteiger partial charge in [0.2, 0.25) is 0 Å². The van der Waals surface area contributed by atoms with Crippen LogP contribution in [0.2, 0.25) is 5.02 Å². The summed E-state index contributed by atoms with van der Waals surface area (Å²) in [7, 11) is 1.65. The average molecular weight is 380 g/mol. The highest BCUT2D eigenvalue weighted by atomic mass is 35.5. The molecule has 2 aromatic heterocycles. The molecule has 0 spiro atoms. The smallest absolute Gasteiger partial charge is 0.186 e. The van der Waals surface area contributed by atoms with Crippen LogP contribution in [0.25, 0.3) is 11.0 Å². The van der Waals surface area contributed by atoms with Gasteiger partial charge in [-0.1, -0.05) is 48.0 Å². The molecule has 0 aliphatic rings. The largest absolute Gasteiger partial charge is 0.496 e. The Morgan fingerprint density at radius 1 is 1.04 bits per heavy atom. The summed E-state index contributed by atoms with van der Waals surface area (Å²) in [6.07, 6.45) is 2.36. The maximum atomic E-state index is 6.24. The van der Waals surface area contributed by atoms with Gasteiger partial charge in [0.25, 0.3) is 0 Å². The minimum Gasteiger partial charge on any atom is -0.496 e. The normalized spacial score (nSPS) is 11.0. The van der Waals surface area contributed by atoms with Crippen LogP contribution in [-0.2, 0) is 13.0 Å². The van der Waals surface area contributed by atoms with Crippen LogP contribution in [0.4, 0.5) is 5.82 Å². The molecule has 6 nitrogen and oxygen atoms in total. The summed E-state index contributed by atoms with van der Waals surface area (Å²) in [4.78, 5) is 9.02. The van der Waals surface area contributed by atoms with Gasteiger partial charge < -0.3 is 10.5 Å². The third kappa shape index (κ3) is 3.57. The molecule has 27 heavy (non-hydrogen) atoms. The van der Waals surface area contributed by atoms with E-state index in [4.69, 9.17) is 22.1 Å². The first-order valence-electron chi connectivity index (χ1n) is 8.49. The molecule has 136 valence electrons. The van der Waals surface area contributed by atoms with Crippen molar-refractivity contribution >= 4 is 28.5 Å². The fraction of sp³-hybridized carbons (Fsp3) is 0.150. The first-order chi connectivity index (χ1) is 13.1. The number of fused-ring (bicyclic) bond motifs is 1. The number of hydrogen-bond acceptors (Lipinski definition) is 5. The van der Waals surface area contributed by atoms with Crippen molar-refractivity contribution in [3.8, 4) is 5.75 Å². The number of ether oxygens (including phenoxy) is 1. The van der Waals surface area contributed by atoms with Crippen molar-refractivity contribution in [2.45, 2.75) is 13.0 Å². The lowest BCUT2D eigenvalue weighted by Gasteiger charge is -2.07. The molecule has 0 atom stereocenters. The molecule has 0 unspecified atom stereocenters. The van der Waals surface area contributed by atoms with E-state index in [2.05, 4.69) is 15.1 Å². The number of nitrogen functional groups attached to an aromatic ring is 1. The van der Waals surface area contributed by atoms with Gasteiger partial charge in [-0.25, -0.2) is 9.97 Å². The van der Waals surface area contributed by atoms with E-state index in [9.17, 15) is 0 Å². The molecule has 0 amide bonds. The van der Waals surface area contributed by atoms with Crippen LogP contribution in [0.3, 0.4) is 0 Å². The Morgan fingerprint density at radius 2 is 1.78 bits per heavy atom. The van der Waals surface area contributed by atoms with Gasteiger partial charge in [-0.2, -0.15) is 5.10 Å². The van der Waals surface area contributed by atoms with Crippen LogP contribution < -0.4 is 10.5 Å². The van der Waals surface area contributed by atoms with Gasteiger partial charge in [0.1, 0.15) is 17.4 Å².